The molecule has 0 aliphatic carbocycles. The Morgan fingerprint density at radius 2 is 2.05 bits per heavy atom. The van der Waals surface area contributed by atoms with Crippen LogP contribution in [-0.2, 0) is 19.5 Å². The molecule has 0 unspecified atom stereocenters. The molecule has 2 heterocycles. The van der Waals surface area contributed by atoms with Crippen molar-refractivity contribution in [3.63, 3.8) is 0 Å². The largest absolute Gasteiger partial charge is 0.311 e. The lowest BCUT2D eigenvalue weighted by molar-refractivity contribution is 0.579. The van der Waals surface area contributed by atoms with Crippen LogP contribution in [0, 0.1) is 6.92 Å². The first-order valence-corrected chi connectivity index (χ1v) is 7.33. The van der Waals surface area contributed by atoms with E-state index >= 15 is 0 Å². The second-order valence-electron chi connectivity index (χ2n) is 4.44. The number of aryl methyl sites for hydroxylation is 2. The standard InChI is InChI=1S/C14H19BrN4/c1-3-19-13(14(15)11(2)18-19)10-17-9-6-12-4-7-16-8-5-12/h4-5,7-8,17H,3,6,9-10H2,1-2H3. The Morgan fingerprint density at radius 3 is 2.74 bits per heavy atom. The Labute approximate surface area is 122 Å². The van der Waals surface area contributed by atoms with Crippen molar-refractivity contribution in [2.45, 2.75) is 33.4 Å². The van der Waals surface area contributed by atoms with E-state index in [1.54, 1.807) is 0 Å². The summed E-state index contributed by atoms with van der Waals surface area (Å²) in [4.78, 5) is 4.02. The van der Waals surface area contributed by atoms with E-state index in [-0.39, 0.29) is 0 Å². The first kappa shape index (κ1) is 14.2. The van der Waals surface area contributed by atoms with Crippen LogP contribution < -0.4 is 5.32 Å². The molecule has 0 atom stereocenters. The molecular formula is C14H19BrN4. The number of nitrogens with zero attached hydrogens (tertiary/aromatic N) is 3. The van der Waals surface area contributed by atoms with Crippen LogP contribution in [0.25, 0.3) is 0 Å². The molecule has 0 radical (unpaired) electrons. The van der Waals surface area contributed by atoms with Gasteiger partial charge in [-0.1, -0.05) is 0 Å². The predicted molar refractivity (Wildman–Crippen MR) is 80.0 cm³/mol. The zero-order valence-electron chi connectivity index (χ0n) is 11.4. The number of rotatable bonds is 6. The van der Waals surface area contributed by atoms with Crippen LogP contribution in [0.4, 0.5) is 0 Å². The molecule has 0 aromatic carbocycles. The summed E-state index contributed by atoms with van der Waals surface area (Å²) in [6.07, 6.45) is 4.68. The van der Waals surface area contributed by atoms with E-state index in [4.69, 9.17) is 0 Å². The molecule has 4 nitrogen and oxygen atoms in total. The summed E-state index contributed by atoms with van der Waals surface area (Å²) in [6.45, 7) is 6.81. The van der Waals surface area contributed by atoms with Crippen molar-refractivity contribution in [1.82, 2.24) is 20.1 Å². The molecule has 0 saturated heterocycles. The Bertz CT molecular complexity index is 522. The van der Waals surface area contributed by atoms with Gasteiger partial charge in [-0.25, -0.2) is 0 Å². The van der Waals surface area contributed by atoms with Crippen LogP contribution >= 0.6 is 15.9 Å². The molecule has 0 amide bonds. The maximum absolute atomic E-state index is 4.49. The molecule has 2 aromatic heterocycles. The van der Waals surface area contributed by atoms with Crippen molar-refractivity contribution in [2.24, 2.45) is 0 Å². The minimum atomic E-state index is 0.834. The van der Waals surface area contributed by atoms with Gasteiger partial charge in [0.25, 0.3) is 0 Å². The monoisotopic (exact) mass is 322 g/mol. The van der Waals surface area contributed by atoms with Crippen molar-refractivity contribution in [1.29, 1.82) is 0 Å². The van der Waals surface area contributed by atoms with Gasteiger partial charge >= 0.3 is 0 Å². The Kier molecular flexibility index (Phi) is 5.10. The van der Waals surface area contributed by atoms with Crippen molar-refractivity contribution >= 4 is 15.9 Å². The van der Waals surface area contributed by atoms with Crippen LogP contribution in [0.5, 0.6) is 0 Å². The predicted octanol–water partition coefficient (Wildman–Crippen LogP) is 2.70. The summed E-state index contributed by atoms with van der Waals surface area (Å²) in [5.74, 6) is 0. The van der Waals surface area contributed by atoms with Gasteiger partial charge in [-0.15, -0.1) is 0 Å². The van der Waals surface area contributed by atoms with Gasteiger partial charge in [0.2, 0.25) is 0 Å². The maximum atomic E-state index is 4.49. The molecule has 0 saturated carbocycles. The minimum absolute atomic E-state index is 0.834. The maximum Gasteiger partial charge on any atom is 0.0739 e. The number of aromatic nitrogens is 3. The highest BCUT2D eigenvalue weighted by Crippen LogP contribution is 2.20. The van der Waals surface area contributed by atoms with Gasteiger partial charge in [-0.2, -0.15) is 5.10 Å². The Balaban J connectivity index is 1.86. The van der Waals surface area contributed by atoms with Crippen LogP contribution in [0.1, 0.15) is 23.9 Å². The van der Waals surface area contributed by atoms with Gasteiger partial charge < -0.3 is 5.32 Å². The molecule has 0 aliphatic heterocycles. The fourth-order valence-corrected chi connectivity index (χ4v) is 2.45. The summed E-state index contributed by atoms with van der Waals surface area (Å²) in [6, 6.07) is 4.11. The van der Waals surface area contributed by atoms with Gasteiger partial charge in [0.15, 0.2) is 0 Å². The van der Waals surface area contributed by atoms with E-state index in [0.29, 0.717) is 0 Å². The van der Waals surface area contributed by atoms with Gasteiger partial charge in [0.1, 0.15) is 0 Å². The Hall–Kier alpha value is -1.20. The van der Waals surface area contributed by atoms with Gasteiger partial charge in [0, 0.05) is 25.5 Å². The summed E-state index contributed by atoms with van der Waals surface area (Å²) >= 11 is 3.61. The smallest absolute Gasteiger partial charge is 0.0739 e. The molecule has 102 valence electrons. The topological polar surface area (TPSA) is 42.7 Å². The number of halogens is 1. The normalized spacial score (nSPS) is 10.9. The molecular weight excluding hydrogens is 304 g/mol. The molecule has 0 aliphatic rings. The number of hydrogen-bond donors (Lipinski definition) is 1. The molecule has 0 bridgehead atoms. The third-order valence-electron chi connectivity index (χ3n) is 3.09. The highest BCUT2D eigenvalue weighted by molar-refractivity contribution is 9.10. The zero-order valence-corrected chi connectivity index (χ0v) is 12.9. The van der Waals surface area contributed by atoms with Crippen molar-refractivity contribution in [3.8, 4) is 0 Å². The van der Waals surface area contributed by atoms with Gasteiger partial charge in [0.05, 0.1) is 15.9 Å². The van der Waals surface area contributed by atoms with Crippen LogP contribution in [-0.4, -0.2) is 21.3 Å². The second-order valence-corrected chi connectivity index (χ2v) is 5.24. The third-order valence-corrected chi connectivity index (χ3v) is 4.12. The molecule has 2 rings (SSSR count). The van der Waals surface area contributed by atoms with Gasteiger partial charge in [-0.05, 0) is 60.4 Å². The average Bonchev–Trinajstić information content (AvgIpc) is 2.72. The minimum Gasteiger partial charge on any atom is -0.311 e. The second kappa shape index (κ2) is 6.82. The highest BCUT2D eigenvalue weighted by atomic mass is 79.9. The van der Waals surface area contributed by atoms with Crippen LogP contribution in [0.3, 0.4) is 0 Å². The first-order chi connectivity index (χ1) is 9.22. The molecule has 0 fully saturated rings. The quantitative estimate of drug-likeness (QED) is 0.831. The van der Waals surface area contributed by atoms with Crippen molar-refractivity contribution < 1.29 is 0 Å². The van der Waals surface area contributed by atoms with Crippen molar-refractivity contribution in [2.75, 3.05) is 6.54 Å². The number of nitrogens with one attached hydrogen (secondary N) is 1. The highest BCUT2D eigenvalue weighted by Gasteiger charge is 2.10. The fraction of sp³-hybridized carbons (Fsp3) is 0.429. The third kappa shape index (κ3) is 3.64. The number of pyridine rings is 1. The van der Waals surface area contributed by atoms with E-state index in [0.717, 1.165) is 36.2 Å². The van der Waals surface area contributed by atoms with E-state index < -0.39 is 0 Å². The SMILES string of the molecule is CCn1nc(C)c(Br)c1CNCCc1ccncc1. The van der Waals surface area contributed by atoms with E-state index in [9.17, 15) is 0 Å². The van der Waals surface area contributed by atoms with Gasteiger partial charge in [-0.3, -0.25) is 9.67 Å². The lowest BCUT2D eigenvalue weighted by Gasteiger charge is -2.07. The molecule has 5 heteroatoms. The zero-order chi connectivity index (χ0) is 13.7. The van der Waals surface area contributed by atoms with Crippen LogP contribution in [0.15, 0.2) is 29.0 Å². The first-order valence-electron chi connectivity index (χ1n) is 6.53. The summed E-state index contributed by atoms with van der Waals surface area (Å²) < 4.78 is 3.16. The summed E-state index contributed by atoms with van der Waals surface area (Å²) in [5.41, 5.74) is 3.57. The van der Waals surface area contributed by atoms with E-state index in [2.05, 4.69) is 50.4 Å². The molecule has 0 spiro atoms. The number of hydrogen-bond acceptors (Lipinski definition) is 3. The molecule has 19 heavy (non-hydrogen) atoms. The Morgan fingerprint density at radius 1 is 1.32 bits per heavy atom. The van der Waals surface area contributed by atoms with Crippen LogP contribution in [0.2, 0.25) is 0 Å². The lowest BCUT2D eigenvalue weighted by atomic mass is 10.2. The summed E-state index contributed by atoms with van der Waals surface area (Å²) in [5, 5.41) is 7.95. The fourth-order valence-electron chi connectivity index (χ4n) is 2.03. The summed E-state index contributed by atoms with van der Waals surface area (Å²) in [7, 11) is 0. The molecule has 1 N–H and O–H groups in total. The van der Waals surface area contributed by atoms with E-state index in [1.807, 2.05) is 24.0 Å². The average molecular weight is 323 g/mol. The van der Waals surface area contributed by atoms with Crippen molar-refractivity contribution in [3.05, 3.63) is 46.0 Å². The van der Waals surface area contributed by atoms with E-state index in [1.165, 1.54) is 11.3 Å². The molecule has 2 aromatic rings. The lowest BCUT2D eigenvalue weighted by Crippen LogP contribution is -2.19.